The van der Waals surface area contributed by atoms with Crippen molar-refractivity contribution in [3.8, 4) is 5.75 Å². The number of piperidine rings is 1. The van der Waals surface area contributed by atoms with Crippen LogP contribution in [0.3, 0.4) is 0 Å². The predicted molar refractivity (Wildman–Crippen MR) is 157 cm³/mol. The molecular weight excluding hydrogens is 577 g/mol. The van der Waals surface area contributed by atoms with Crippen LogP contribution in [0.5, 0.6) is 5.75 Å². The fraction of sp³-hybridized carbons (Fsp3) is 0.296. The molecule has 0 aliphatic carbocycles. The maximum Gasteiger partial charge on any atom is 0.323 e. The Hall–Kier alpha value is -3.22. The first-order valence-corrected chi connectivity index (χ1v) is 15.0. The topological polar surface area (TPSA) is 140 Å². The van der Waals surface area contributed by atoms with Crippen molar-refractivity contribution in [2.75, 3.05) is 35.9 Å². The lowest BCUT2D eigenvalue weighted by Gasteiger charge is -2.34. The fourth-order valence-electron chi connectivity index (χ4n) is 4.64. The number of para-hydroxylation sites is 1. The number of aromatic nitrogens is 2. The second kappa shape index (κ2) is 12.1. The van der Waals surface area contributed by atoms with E-state index in [4.69, 9.17) is 27.9 Å². The molecule has 0 amide bonds. The van der Waals surface area contributed by atoms with Gasteiger partial charge in [0.1, 0.15) is 24.0 Å². The normalized spacial score (nSPS) is 15.3. The maximum atomic E-state index is 12.7. The first-order chi connectivity index (χ1) is 19.2. The number of ether oxygens (including phenoxy) is 1. The van der Waals surface area contributed by atoms with Crippen LogP contribution in [0.2, 0.25) is 10.0 Å². The van der Waals surface area contributed by atoms with Gasteiger partial charge in [-0.2, -0.15) is 0 Å². The van der Waals surface area contributed by atoms with Gasteiger partial charge in [0.25, 0.3) is 10.0 Å². The maximum absolute atomic E-state index is 12.7. The van der Waals surface area contributed by atoms with Crippen LogP contribution in [0.1, 0.15) is 12.8 Å². The molecule has 1 aliphatic rings. The molecule has 13 heteroatoms. The SMILES string of the molecule is O=c1[nH]c2cccc(OC[C@@H](O)CNC3CCN(c4ccc(NS(=O)(=O)c5ccc(Cl)c(Cl)c5)cc4)CC3)c2[nH]1. The zero-order valence-electron chi connectivity index (χ0n) is 21.4. The van der Waals surface area contributed by atoms with Crippen molar-refractivity contribution in [3.05, 3.63) is 81.2 Å². The second-order valence-corrected chi connectivity index (χ2v) is 12.1. The van der Waals surface area contributed by atoms with Crippen molar-refractivity contribution in [3.63, 3.8) is 0 Å². The number of benzene rings is 3. The van der Waals surface area contributed by atoms with Crippen LogP contribution in [0.15, 0.2) is 70.4 Å². The Morgan fingerprint density at radius 3 is 2.50 bits per heavy atom. The lowest BCUT2D eigenvalue weighted by Crippen LogP contribution is -2.45. The highest BCUT2D eigenvalue weighted by Gasteiger charge is 2.21. The molecule has 40 heavy (non-hydrogen) atoms. The van der Waals surface area contributed by atoms with E-state index in [0.717, 1.165) is 31.6 Å². The summed E-state index contributed by atoms with van der Waals surface area (Å²) in [5.74, 6) is 0.511. The quantitative estimate of drug-likeness (QED) is 0.184. The molecule has 10 nitrogen and oxygen atoms in total. The molecule has 1 aromatic heterocycles. The van der Waals surface area contributed by atoms with Gasteiger partial charge in [-0.1, -0.05) is 29.3 Å². The molecule has 4 aromatic rings. The number of aliphatic hydroxyl groups excluding tert-OH is 1. The number of H-pyrrole nitrogens is 2. The fourth-order valence-corrected chi connectivity index (χ4v) is 6.09. The largest absolute Gasteiger partial charge is 0.489 e. The Bertz CT molecular complexity index is 1630. The van der Waals surface area contributed by atoms with Gasteiger partial charge in [0, 0.05) is 37.1 Å². The third-order valence-corrected chi connectivity index (χ3v) is 8.89. The van der Waals surface area contributed by atoms with Crippen LogP contribution in [0.4, 0.5) is 11.4 Å². The van der Waals surface area contributed by atoms with E-state index >= 15 is 0 Å². The molecule has 2 heterocycles. The van der Waals surface area contributed by atoms with Crippen LogP contribution < -0.4 is 25.4 Å². The molecule has 5 N–H and O–H groups in total. The number of nitrogens with one attached hydrogen (secondary N) is 4. The van der Waals surface area contributed by atoms with Crippen molar-refractivity contribution in [1.29, 1.82) is 0 Å². The Morgan fingerprint density at radius 2 is 1.77 bits per heavy atom. The van der Waals surface area contributed by atoms with Gasteiger partial charge in [0.15, 0.2) is 0 Å². The zero-order valence-corrected chi connectivity index (χ0v) is 23.7. The number of anilines is 2. The summed E-state index contributed by atoms with van der Waals surface area (Å²) in [5.41, 5.74) is 2.38. The van der Waals surface area contributed by atoms with Crippen molar-refractivity contribution in [1.82, 2.24) is 15.3 Å². The standard InChI is InChI=1S/C27H29Cl2N5O5S/c28-22-9-8-21(14-23(22)29)40(37,38)33-18-4-6-19(7-5-18)34-12-10-17(11-13-34)30-15-20(35)16-39-25-3-1-2-24-26(25)32-27(36)31-24/h1-9,14,17,20,30,33,35H,10-13,15-16H2,(H2,31,32,36)/t20-/m0/s1. The van der Waals surface area contributed by atoms with Gasteiger partial charge >= 0.3 is 5.69 Å². The lowest BCUT2D eigenvalue weighted by atomic mass is 10.0. The second-order valence-electron chi connectivity index (χ2n) is 9.62. The molecule has 1 saturated heterocycles. The van der Waals surface area contributed by atoms with E-state index in [0.29, 0.717) is 29.0 Å². The van der Waals surface area contributed by atoms with Crippen molar-refractivity contribution in [2.24, 2.45) is 0 Å². The van der Waals surface area contributed by atoms with E-state index in [2.05, 4.69) is 24.9 Å². The van der Waals surface area contributed by atoms with Gasteiger partial charge in [-0.15, -0.1) is 0 Å². The average Bonchev–Trinajstić information content (AvgIpc) is 3.33. The molecule has 0 radical (unpaired) electrons. The summed E-state index contributed by atoms with van der Waals surface area (Å²) >= 11 is 11.9. The average molecular weight is 607 g/mol. The minimum Gasteiger partial charge on any atom is -0.489 e. The van der Waals surface area contributed by atoms with Gasteiger partial charge in [0.05, 0.1) is 20.5 Å². The number of nitrogens with zero attached hydrogens (tertiary/aromatic N) is 1. The van der Waals surface area contributed by atoms with Crippen LogP contribution in [-0.4, -0.2) is 61.9 Å². The van der Waals surface area contributed by atoms with Crippen molar-refractivity contribution >= 4 is 55.6 Å². The highest BCUT2D eigenvalue weighted by molar-refractivity contribution is 7.92. The number of halogens is 2. The van der Waals surface area contributed by atoms with Crippen molar-refractivity contribution in [2.45, 2.75) is 29.9 Å². The monoisotopic (exact) mass is 605 g/mol. The van der Waals surface area contributed by atoms with Crippen LogP contribution in [0, 0.1) is 0 Å². The summed E-state index contributed by atoms with van der Waals surface area (Å²) in [5, 5.41) is 14.3. The number of aromatic amines is 2. The molecule has 0 spiro atoms. The third kappa shape index (κ3) is 6.73. The summed E-state index contributed by atoms with van der Waals surface area (Å²) in [7, 11) is -3.80. The molecule has 0 saturated carbocycles. The van der Waals surface area contributed by atoms with Gasteiger partial charge in [-0.05, 0) is 67.4 Å². The molecule has 212 valence electrons. The summed E-state index contributed by atoms with van der Waals surface area (Å²) < 4.78 is 33.7. The van der Waals surface area contributed by atoms with Crippen LogP contribution in [-0.2, 0) is 10.0 Å². The van der Waals surface area contributed by atoms with Gasteiger partial charge in [0.2, 0.25) is 0 Å². The van der Waals surface area contributed by atoms with Gasteiger partial charge in [-0.25, -0.2) is 13.2 Å². The van der Waals surface area contributed by atoms with E-state index in [1.807, 2.05) is 12.1 Å². The highest BCUT2D eigenvalue weighted by Crippen LogP contribution is 2.27. The predicted octanol–water partition coefficient (Wildman–Crippen LogP) is 3.96. The minimum atomic E-state index is -3.80. The van der Waals surface area contributed by atoms with E-state index in [-0.39, 0.29) is 33.3 Å². The summed E-state index contributed by atoms with van der Waals surface area (Å²) in [6.45, 7) is 2.13. The minimum absolute atomic E-state index is 0.0339. The molecule has 1 fully saturated rings. The summed E-state index contributed by atoms with van der Waals surface area (Å²) in [6.07, 6.45) is 1.07. The number of imidazole rings is 1. The molecule has 5 rings (SSSR count). The number of aliphatic hydroxyl groups is 1. The zero-order chi connectivity index (χ0) is 28.3. The van der Waals surface area contributed by atoms with E-state index < -0.39 is 16.1 Å². The molecular formula is C27H29Cl2N5O5S. The Morgan fingerprint density at radius 1 is 1.02 bits per heavy atom. The summed E-state index contributed by atoms with van der Waals surface area (Å²) in [4.78, 5) is 19.2. The number of rotatable bonds is 10. The first-order valence-electron chi connectivity index (χ1n) is 12.8. The van der Waals surface area contributed by atoms with Crippen molar-refractivity contribution < 1.29 is 18.3 Å². The lowest BCUT2D eigenvalue weighted by molar-refractivity contribution is 0.103. The molecule has 1 aliphatic heterocycles. The van der Waals surface area contributed by atoms with E-state index in [1.165, 1.54) is 18.2 Å². The number of hydrogen-bond acceptors (Lipinski definition) is 7. The Kier molecular flexibility index (Phi) is 8.57. The number of hydrogen-bond donors (Lipinski definition) is 5. The van der Waals surface area contributed by atoms with Crippen LogP contribution >= 0.6 is 23.2 Å². The summed E-state index contributed by atoms with van der Waals surface area (Å²) in [6, 6.07) is 17.0. The smallest absolute Gasteiger partial charge is 0.323 e. The van der Waals surface area contributed by atoms with Crippen LogP contribution in [0.25, 0.3) is 11.0 Å². The third-order valence-electron chi connectivity index (χ3n) is 6.77. The number of sulfonamides is 1. The first kappa shape index (κ1) is 28.3. The number of fused-ring (bicyclic) bond motifs is 1. The van der Waals surface area contributed by atoms with E-state index in [1.54, 1.807) is 30.3 Å². The Balaban J connectivity index is 1.07. The molecule has 0 bridgehead atoms. The van der Waals surface area contributed by atoms with Gasteiger partial charge in [-0.3, -0.25) is 4.72 Å². The molecule has 1 atom stereocenters. The van der Waals surface area contributed by atoms with Gasteiger partial charge < -0.3 is 30.0 Å². The molecule has 3 aromatic carbocycles. The Labute approximate surface area is 241 Å². The van der Waals surface area contributed by atoms with E-state index in [9.17, 15) is 18.3 Å². The molecule has 0 unspecified atom stereocenters. The highest BCUT2D eigenvalue weighted by atomic mass is 35.5.